The Morgan fingerprint density at radius 3 is 2.05 bits per heavy atom. The Morgan fingerprint density at radius 2 is 1.60 bits per heavy atom. The summed E-state index contributed by atoms with van der Waals surface area (Å²) in [5, 5.41) is 4.21. The van der Waals surface area contributed by atoms with E-state index in [9.17, 15) is 0 Å². The quantitative estimate of drug-likeness (QED) is 0.467. The first-order valence-electron chi connectivity index (χ1n) is 5.17. The van der Waals surface area contributed by atoms with Gasteiger partial charge in [-0.3, -0.25) is 4.58 Å². The van der Waals surface area contributed by atoms with Crippen molar-refractivity contribution in [3.05, 3.63) is 35.1 Å². The minimum Gasteiger partial charge on any atom is -0.310 e. The van der Waals surface area contributed by atoms with Crippen LogP contribution in [0.15, 0.2) is 30.3 Å². The van der Waals surface area contributed by atoms with E-state index in [0.717, 1.165) is 15.6 Å². The Morgan fingerprint density at radius 1 is 1.05 bits per heavy atom. The number of hydrogen-bond acceptors (Lipinski definition) is 8. The number of aromatic nitrogens is 1. The van der Waals surface area contributed by atoms with Crippen LogP contribution < -0.4 is 33.3 Å². The van der Waals surface area contributed by atoms with E-state index >= 15 is 0 Å². The summed E-state index contributed by atoms with van der Waals surface area (Å²) >= 11 is 0. The van der Waals surface area contributed by atoms with E-state index in [-0.39, 0.29) is 0 Å². The van der Waals surface area contributed by atoms with Gasteiger partial charge in [0.2, 0.25) is 0 Å². The number of anilines is 2. The summed E-state index contributed by atoms with van der Waals surface area (Å²) in [5.41, 5.74) is 1.07. The van der Waals surface area contributed by atoms with E-state index in [1.807, 2.05) is 49.0 Å². The Balaban J connectivity index is 0.000000347. The predicted molar refractivity (Wildman–Crippen MR) is 66.8 cm³/mol. The predicted octanol–water partition coefficient (Wildman–Crippen LogP) is -2.78. The summed E-state index contributed by atoms with van der Waals surface area (Å²) < 4.78 is 36.0. The summed E-state index contributed by atoms with van der Waals surface area (Å²) in [5.74, 6) is 0. The fraction of sp³-hybridized carbons (Fsp3) is 0.200. The van der Waals surface area contributed by atoms with Crippen LogP contribution in [0.2, 0.25) is 0 Å². The van der Waals surface area contributed by atoms with Crippen molar-refractivity contribution in [1.29, 1.82) is 0 Å². The number of nitrogens with zero attached hydrogens (tertiary/aromatic N) is 2. The van der Waals surface area contributed by atoms with Gasteiger partial charge in [0.1, 0.15) is 0 Å². The van der Waals surface area contributed by atoms with E-state index in [1.54, 1.807) is 20.7 Å². The van der Waals surface area contributed by atoms with Crippen molar-refractivity contribution < 1.29 is 28.9 Å². The van der Waals surface area contributed by atoms with Crippen molar-refractivity contribution in [3.63, 3.8) is 0 Å². The molecule has 0 atom stereocenters. The standard InChI is InChI=1S/C10H11N3S2.ClHO4/c1-13(2)10-12-9(14-15-10)11-8-6-4-3-5-7-8;2-1(3,4)5/h3-7H,1-2H3;(H,2,3,4,5). The van der Waals surface area contributed by atoms with Crippen LogP contribution in [0.1, 0.15) is 0 Å². The topological polar surface area (TPSA) is 120 Å². The van der Waals surface area contributed by atoms with Gasteiger partial charge < -0.3 is 5.32 Å². The Hall–Kier alpha value is -1.07. The van der Waals surface area contributed by atoms with Crippen LogP contribution in [0.4, 0.5) is 10.8 Å². The Labute approximate surface area is 124 Å². The highest BCUT2D eigenvalue weighted by Gasteiger charge is 2.07. The van der Waals surface area contributed by atoms with Gasteiger partial charge in [-0.25, -0.2) is 18.6 Å². The average molecular weight is 338 g/mol. The molecule has 0 radical (unpaired) electrons. The van der Waals surface area contributed by atoms with Gasteiger partial charge in [0.25, 0.3) is 0 Å². The Bertz CT molecular complexity index is 584. The first-order valence-corrected chi connectivity index (χ1v) is 8.55. The largest absolute Gasteiger partial charge is 0.390 e. The lowest BCUT2D eigenvalue weighted by atomic mass is 10.3. The van der Waals surface area contributed by atoms with Crippen molar-refractivity contribution in [2.45, 2.75) is 0 Å². The molecule has 10 heteroatoms. The molecule has 0 saturated carbocycles. The smallest absolute Gasteiger partial charge is 0.310 e. The number of rotatable bonds is 2. The van der Waals surface area contributed by atoms with Crippen LogP contribution in [-0.4, -0.2) is 19.1 Å². The summed E-state index contributed by atoms with van der Waals surface area (Å²) in [6.07, 6.45) is 0. The van der Waals surface area contributed by atoms with E-state index < -0.39 is 10.2 Å². The molecule has 0 aliphatic rings. The van der Waals surface area contributed by atoms with Crippen molar-refractivity contribution in [2.75, 3.05) is 19.4 Å². The van der Waals surface area contributed by atoms with Gasteiger partial charge in [0, 0.05) is 21.0 Å². The van der Waals surface area contributed by atoms with Crippen molar-refractivity contribution >= 4 is 31.5 Å². The third-order valence-electron chi connectivity index (χ3n) is 1.80. The number of benzene rings is 1. The minimum atomic E-state index is -4.94. The van der Waals surface area contributed by atoms with Crippen LogP contribution >= 0.6 is 20.7 Å². The lowest BCUT2D eigenvalue weighted by Crippen LogP contribution is -2.68. The summed E-state index contributed by atoms with van der Waals surface area (Å²) in [7, 11) is 2.37. The SMILES string of the molecule is C[N+](C)=c1nc(Nc2ccccc2)ss1.[O-][Cl+3]([O-])([O-])[O-]. The molecule has 20 heavy (non-hydrogen) atoms. The summed E-state index contributed by atoms with van der Waals surface area (Å²) in [6.45, 7) is 0. The van der Waals surface area contributed by atoms with Crippen molar-refractivity contribution in [1.82, 2.24) is 9.56 Å². The van der Waals surface area contributed by atoms with Crippen LogP contribution in [0, 0.1) is 10.2 Å². The molecule has 0 saturated heterocycles. The average Bonchev–Trinajstić information content (AvgIpc) is 2.77. The summed E-state index contributed by atoms with van der Waals surface area (Å²) in [4.78, 5) is 5.48. The van der Waals surface area contributed by atoms with E-state index in [2.05, 4.69) is 10.3 Å². The van der Waals surface area contributed by atoms with Crippen molar-refractivity contribution in [3.8, 4) is 0 Å². The van der Waals surface area contributed by atoms with Gasteiger partial charge in [0.15, 0.2) is 0 Å². The maximum atomic E-state index is 8.49. The monoisotopic (exact) mass is 337 g/mol. The second-order valence-electron chi connectivity index (χ2n) is 3.63. The molecule has 110 valence electrons. The van der Waals surface area contributed by atoms with Crippen molar-refractivity contribution in [2.24, 2.45) is 0 Å². The lowest BCUT2D eigenvalue weighted by molar-refractivity contribution is -2.00. The van der Waals surface area contributed by atoms with Gasteiger partial charge in [-0.2, -0.15) is 0 Å². The molecule has 0 aliphatic carbocycles. The normalized spacial score (nSPS) is 10.5. The molecule has 0 aliphatic heterocycles. The van der Waals surface area contributed by atoms with Gasteiger partial charge in [-0.05, 0) is 22.5 Å². The van der Waals surface area contributed by atoms with E-state index in [1.165, 1.54) is 0 Å². The molecule has 1 heterocycles. The Kier molecular flexibility index (Phi) is 6.49. The second-order valence-corrected chi connectivity index (χ2v) is 6.47. The molecule has 0 fully saturated rings. The number of nitrogens with one attached hydrogen (secondary N) is 1. The van der Waals surface area contributed by atoms with Gasteiger partial charge in [-0.15, -0.1) is 10.2 Å². The van der Waals surface area contributed by atoms with E-state index in [4.69, 9.17) is 18.6 Å². The van der Waals surface area contributed by atoms with Crippen LogP contribution in [0.25, 0.3) is 0 Å². The minimum absolute atomic E-state index is 0.940. The molecule has 2 rings (SSSR count). The molecule has 1 aromatic heterocycles. The zero-order chi connectivity index (χ0) is 15.2. The third-order valence-corrected chi connectivity index (χ3v) is 4.01. The number of hydrogen-bond donors (Lipinski definition) is 1. The number of para-hydroxylation sites is 1. The molecular formula is C10H12ClN3O4S2. The fourth-order valence-corrected chi connectivity index (χ4v) is 3.10. The lowest BCUT2D eigenvalue weighted by Gasteiger charge is -2.17. The molecule has 0 bridgehead atoms. The van der Waals surface area contributed by atoms with Gasteiger partial charge >= 0.3 is 9.93 Å². The highest BCUT2D eigenvalue weighted by atomic mass is 35.7. The molecular weight excluding hydrogens is 326 g/mol. The maximum absolute atomic E-state index is 8.49. The second kappa shape index (κ2) is 7.64. The molecule has 0 amide bonds. The van der Waals surface area contributed by atoms with Crippen LogP contribution in [-0.2, 0) is 0 Å². The molecule has 2 aromatic rings. The highest BCUT2D eigenvalue weighted by molar-refractivity contribution is 7.69. The zero-order valence-corrected chi connectivity index (χ0v) is 13.0. The maximum Gasteiger partial charge on any atom is 0.390 e. The highest BCUT2D eigenvalue weighted by Crippen LogP contribution is 2.18. The first-order chi connectivity index (χ1) is 9.25. The van der Waals surface area contributed by atoms with Crippen LogP contribution in [0.3, 0.4) is 0 Å². The van der Waals surface area contributed by atoms with Gasteiger partial charge in [0.05, 0.1) is 14.1 Å². The molecule has 1 N–H and O–H groups in total. The molecule has 1 aromatic carbocycles. The fourth-order valence-electron chi connectivity index (χ4n) is 1.07. The van der Waals surface area contributed by atoms with Crippen LogP contribution in [0.5, 0.6) is 0 Å². The molecule has 0 unspecified atom stereocenters. The van der Waals surface area contributed by atoms with E-state index in [0.29, 0.717) is 0 Å². The summed E-state index contributed by atoms with van der Waals surface area (Å²) in [6, 6.07) is 10.1. The first kappa shape index (κ1) is 17.0. The zero-order valence-electron chi connectivity index (χ0n) is 10.6. The molecule has 0 spiro atoms. The number of halogens is 1. The third kappa shape index (κ3) is 7.50. The molecule has 7 nitrogen and oxygen atoms in total. The van der Waals surface area contributed by atoms with Gasteiger partial charge in [-0.1, -0.05) is 18.2 Å².